The molecule has 1 aromatic heterocycles. The molecule has 1 aliphatic heterocycles. The summed E-state index contributed by atoms with van der Waals surface area (Å²) < 4.78 is 7.35. The number of aromatic carboxylic acids is 1. The molecule has 144 valence electrons. The van der Waals surface area contributed by atoms with Crippen molar-refractivity contribution in [1.29, 1.82) is 0 Å². The molecule has 0 bridgehead atoms. The Hall–Kier alpha value is -3.28. The molecule has 6 heteroatoms. The molecular formula is C22H23N3O3. The Morgan fingerprint density at radius 3 is 2.89 bits per heavy atom. The second-order valence-electron chi connectivity index (χ2n) is 6.91. The molecule has 3 aromatic rings. The Kier molecular flexibility index (Phi) is 5.02. The molecule has 28 heavy (non-hydrogen) atoms. The van der Waals surface area contributed by atoms with Gasteiger partial charge >= 0.3 is 5.97 Å². The zero-order valence-electron chi connectivity index (χ0n) is 15.8. The minimum atomic E-state index is -0.942. The minimum absolute atomic E-state index is 0.252. The zero-order chi connectivity index (χ0) is 19.5. The van der Waals surface area contributed by atoms with Gasteiger partial charge in [0, 0.05) is 24.1 Å². The third-order valence-electron chi connectivity index (χ3n) is 5.10. The number of fused-ring (bicyclic) bond motifs is 1. The van der Waals surface area contributed by atoms with E-state index < -0.39 is 5.97 Å². The summed E-state index contributed by atoms with van der Waals surface area (Å²) >= 11 is 0. The van der Waals surface area contributed by atoms with Crippen LogP contribution >= 0.6 is 0 Å². The lowest BCUT2D eigenvalue weighted by atomic mass is 10.0. The number of anilines is 1. The van der Waals surface area contributed by atoms with Crippen LogP contribution in [0.25, 0.3) is 5.69 Å². The van der Waals surface area contributed by atoms with Gasteiger partial charge in [0.05, 0.1) is 24.1 Å². The highest BCUT2D eigenvalue weighted by molar-refractivity contribution is 5.88. The SMILES string of the molecule is COc1ccccc1Cc1nn(-c2cccc(C(=O)O)c2)c2c1CCCCN2. The van der Waals surface area contributed by atoms with Gasteiger partial charge in [0.2, 0.25) is 0 Å². The number of aromatic nitrogens is 2. The van der Waals surface area contributed by atoms with Gasteiger partial charge in [0.25, 0.3) is 0 Å². The quantitative estimate of drug-likeness (QED) is 0.705. The maximum absolute atomic E-state index is 11.4. The van der Waals surface area contributed by atoms with Crippen molar-refractivity contribution in [3.05, 3.63) is 70.9 Å². The Morgan fingerprint density at radius 2 is 2.07 bits per heavy atom. The molecule has 2 N–H and O–H groups in total. The number of para-hydroxylation sites is 1. The second-order valence-corrected chi connectivity index (χ2v) is 6.91. The normalized spacial score (nSPS) is 13.3. The van der Waals surface area contributed by atoms with E-state index in [4.69, 9.17) is 9.84 Å². The number of benzene rings is 2. The number of methoxy groups -OCH3 is 1. The fourth-order valence-corrected chi connectivity index (χ4v) is 3.70. The fraction of sp³-hybridized carbons (Fsp3) is 0.273. The van der Waals surface area contributed by atoms with E-state index in [1.54, 1.807) is 25.3 Å². The van der Waals surface area contributed by atoms with Crippen molar-refractivity contribution in [2.45, 2.75) is 25.7 Å². The van der Waals surface area contributed by atoms with Crippen molar-refractivity contribution >= 4 is 11.8 Å². The van der Waals surface area contributed by atoms with Crippen LogP contribution in [-0.4, -0.2) is 34.5 Å². The van der Waals surface area contributed by atoms with Crippen molar-refractivity contribution in [2.24, 2.45) is 0 Å². The average molecular weight is 377 g/mol. The van der Waals surface area contributed by atoms with Gasteiger partial charge in [0.15, 0.2) is 0 Å². The molecule has 0 aliphatic carbocycles. The lowest BCUT2D eigenvalue weighted by molar-refractivity contribution is 0.0697. The topological polar surface area (TPSA) is 76.4 Å². The van der Waals surface area contributed by atoms with E-state index in [9.17, 15) is 9.90 Å². The molecule has 0 saturated carbocycles. The lowest BCUT2D eigenvalue weighted by Gasteiger charge is -2.09. The second kappa shape index (κ2) is 7.76. The third-order valence-corrected chi connectivity index (χ3v) is 5.10. The maximum atomic E-state index is 11.4. The number of ether oxygens (including phenoxy) is 1. The number of carboxylic acids is 1. The van der Waals surface area contributed by atoms with Gasteiger partial charge in [-0.3, -0.25) is 0 Å². The van der Waals surface area contributed by atoms with E-state index in [1.807, 2.05) is 28.9 Å². The smallest absolute Gasteiger partial charge is 0.335 e. The van der Waals surface area contributed by atoms with Gasteiger partial charge in [-0.05, 0) is 43.5 Å². The Labute approximate surface area is 163 Å². The van der Waals surface area contributed by atoms with E-state index in [0.717, 1.165) is 54.3 Å². The predicted octanol–water partition coefficient (Wildman–Crippen LogP) is 3.92. The highest BCUT2D eigenvalue weighted by Crippen LogP contribution is 2.31. The molecule has 1 aliphatic rings. The fourth-order valence-electron chi connectivity index (χ4n) is 3.70. The lowest BCUT2D eigenvalue weighted by Crippen LogP contribution is -2.08. The number of rotatable bonds is 5. The average Bonchev–Trinajstić information content (AvgIpc) is 2.89. The van der Waals surface area contributed by atoms with Crippen LogP contribution in [0.15, 0.2) is 48.5 Å². The van der Waals surface area contributed by atoms with Crippen molar-refractivity contribution in [3.63, 3.8) is 0 Å². The molecule has 0 spiro atoms. The summed E-state index contributed by atoms with van der Waals surface area (Å²) in [6.45, 7) is 0.880. The van der Waals surface area contributed by atoms with Crippen LogP contribution in [0.2, 0.25) is 0 Å². The summed E-state index contributed by atoms with van der Waals surface area (Å²) in [5, 5.41) is 17.7. The number of nitrogens with one attached hydrogen (secondary N) is 1. The molecule has 0 radical (unpaired) electrons. The molecule has 0 fully saturated rings. The molecule has 2 heterocycles. The predicted molar refractivity (Wildman–Crippen MR) is 108 cm³/mol. The molecule has 0 unspecified atom stereocenters. The van der Waals surface area contributed by atoms with Crippen LogP contribution in [0.4, 0.5) is 5.82 Å². The van der Waals surface area contributed by atoms with Crippen LogP contribution in [-0.2, 0) is 12.8 Å². The van der Waals surface area contributed by atoms with Gasteiger partial charge in [0.1, 0.15) is 11.6 Å². The first-order valence-corrected chi connectivity index (χ1v) is 9.47. The molecule has 6 nitrogen and oxygen atoms in total. The standard InChI is InChI=1S/C22H23N3O3/c1-28-20-11-3-2-7-15(20)14-19-18-10-4-5-12-23-21(18)25(24-19)17-9-6-8-16(13-17)22(26)27/h2-3,6-9,11,13,23H,4-5,10,12,14H2,1H3,(H,26,27). The molecule has 4 rings (SSSR count). The Bertz CT molecular complexity index is 1010. The van der Waals surface area contributed by atoms with Gasteiger partial charge in [-0.2, -0.15) is 5.10 Å². The molecular weight excluding hydrogens is 354 g/mol. The minimum Gasteiger partial charge on any atom is -0.496 e. The zero-order valence-corrected chi connectivity index (χ0v) is 15.8. The van der Waals surface area contributed by atoms with Crippen LogP contribution in [0.3, 0.4) is 0 Å². The number of hydrogen-bond acceptors (Lipinski definition) is 4. The number of carboxylic acid groups (broad SMARTS) is 1. The van der Waals surface area contributed by atoms with Crippen molar-refractivity contribution < 1.29 is 14.6 Å². The summed E-state index contributed by atoms with van der Waals surface area (Å²) in [6.07, 6.45) is 3.81. The summed E-state index contributed by atoms with van der Waals surface area (Å²) in [6, 6.07) is 14.9. The first kappa shape index (κ1) is 18.1. The van der Waals surface area contributed by atoms with Gasteiger partial charge in [-0.15, -0.1) is 0 Å². The largest absolute Gasteiger partial charge is 0.496 e. The number of nitrogens with zero attached hydrogens (tertiary/aromatic N) is 2. The molecule has 0 amide bonds. The van der Waals surface area contributed by atoms with E-state index >= 15 is 0 Å². The summed E-state index contributed by atoms with van der Waals surface area (Å²) in [7, 11) is 1.68. The first-order chi connectivity index (χ1) is 13.7. The Morgan fingerprint density at radius 1 is 1.21 bits per heavy atom. The highest BCUT2D eigenvalue weighted by Gasteiger charge is 2.22. The highest BCUT2D eigenvalue weighted by atomic mass is 16.5. The molecule has 0 saturated heterocycles. The first-order valence-electron chi connectivity index (χ1n) is 9.47. The van der Waals surface area contributed by atoms with E-state index in [0.29, 0.717) is 6.42 Å². The van der Waals surface area contributed by atoms with E-state index in [2.05, 4.69) is 11.4 Å². The van der Waals surface area contributed by atoms with Crippen molar-refractivity contribution in [2.75, 3.05) is 19.0 Å². The molecule has 2 aromatic carbocycles. The number of hydrogen-bond donors (Lipinski definition) is 2. The number of carbonyl (C=O) groups is 1. The van der Waals surface area contributed by atoms with Crippen LogP contribution in [0, 0.1) is 0 Å². The van der Waals surface area contributed by atoms with E-state index in [1.165, 1.54) is 5.56 Å². The summed E-state index contributed by atoms with van der Waals surface area (Å²) in [5.41, 5.74) is 4.28. The van der Waals surface area contributed by atoms with Gasteiger partial charge < -0.3 is 15.2 Å². The molecule has 0 atom stereocenters. The van der Waals surface area contributed by atoms with Gasteiger partial charge in [-0.25, -0.2) is 9.48 Å². The monoisotopic (exact) mass is 377 g/mol. The van der Waals surface area contributed by atoms with Crippen LogP contribution in [0.5, 0.6) is 5.75 Å². The van der Waals surface area contributed by atoms with Crippen molar-refractivity contribution in [1.82, 2.24) is 9.78 Å². The van der Waals surface area contributed by atoms with E-state index in [-0.39, 0.29) is 5.56 Å². The van der Waals surface area contributed by atoms with Crippen LogP contribution in [0.1, 0.15) is 40.0 Å². The van der Waals surface area contributed by atoms with Crippen LogP contribution < -0.4 is 10.1 Å². The maximum Gasteiger partial charge on any atom is 0.335 e. The van der Waals surface area contributed by atoms with Crippen molar-refractivity contribution in [3.8, 4) is 11.4 Å². The van der Waals surface area contributed by atoms with Gasteiger partial charge in [-0.1, -0.05) is 24.3 Å². The Balaban J connectivity index is 1.80. The third kappa shape index (κ3) is 3.45. The summed E-state index contributed by atoms with van der Waals surface area (Å²) in [5.74, 6) is 0.868. The summed E-state index contributed by atoms with van der Waals surface area (Å²) in [4.78, 5) is 11.4.